The highest BCUT2D eigenvalue weighted by atomic mass is 35.5. The number of aliphatic hydroxyl groups excluding tert-OH is 1. The van der Waals surface area contributed by atoms with E-state index in [1.54, 1.807) is 13.1 Å². The molecule has 3 heterocycles. The summed E-state index contributed by atoms with van der Waals surface area (Å²) in [6.07, 6.45) is 8.18. The molecule has 0 radical (unpaired) electrons. The van der Waals surface area contributed by atoms with Crippen molar-refractivity contribution in [3.05, 3.63) is 69.9 Å². The summed E-state index contributed by atoms with van der Waals surface area (Å²) in [6, 6.07) is 11.5. The van der Waals surface area contributed by atoms with E-state index < -0.39 is 33.3 Å². The number of hydrogen-bond donors (Lipinski definition) is 1. The lowest BCUT2D eigenvalue weighted by atomic mass is 9.68. The van der Waals surface area contributed by atoms with Crippen molar-refractivity contribution in [2.24, 2.45) is 29.2 Å². The Hall–Kier alpha value is -3.41. The van der Waals surface area contributed by atoms with Gasteiger partial charge in [0.1, 0.15) is 11.3 Å². The van der Waals surface area contributed by atoms with Gasteiger partial charge in [-0.25, -0.2) is 4.21 Å². The second kappa shape index (κ2) is 14.0. The van der Waals surface area contributed by atoms with Crippen LogP contribution in [-0.2, 0) is 28.6 Å². The number of amides is 1. The van der Waals surface area contributed by atoms with Crippen molar-refractivity contribution in [3.63, 3.8) is 0 Å². The number of aliphatic hydroxyl groups is 1. The van der Waals surface area contributed by atoms with Crippen molar-refractivity contribution in [3.8, 4) is 11.6 Å². The van der Waals surface area contributed by atoms with Crippen molar-refractivity contribution in [1.29, 1.82) is 0 Å². The Kier molecular flexibility index (Phi) is 9.77. The van der Waals surface area contributed by atoms with Crippen LogP contribution in [0.25, 0.3) is 0 Å². The van der Waals surface area contributed by atoms with Gasteiger partial charge in [-0.3, -0.25) is 14.3 Å². The quantitative estimate of drug-likeness (QED) is 0.314. The second-order valence-electron chi connectivity index (χ2n) is 15.0. The number of fused-ring (bicyclic) bond motifs is 4. The molecule has 1 fully saturated rings. The molecule has 1 spiro atoms. The molecule has 3 aromatic rings. The predicted octanol–water partition coefficient (Wildman–Crippen LogP) is 6.25. The van der Waals surface area contributed by atoms with E-state index in [2.05, 4.69) is 26.5 Å². The lowest BCUT2D eigenvalue weighted by Gasteiger charge is -2.45. The number of rotatable bonds is 4. The molecule has 12 heteroatoms. The maximum absolute atomic E-state index is 14.6. The van der Waals surface area contributed by atoms with E-state index in [9.17, 15) is 18.9 Å². The summed E-state index contributed by atoms with van der Waals surface area (Å²) in [7, 11) is -0.230. The van der Waals surface area contributed by atoms with Crippen LogP contribution in [0.5, 0.6) is 11.6 Å². The van der Waals surface area contributed by atoms with Gasteiger partial charge in [-0.2, -0.15) is 4.36 Å². The van der Waals surface area contributed by atoms with Gasteiger partial charge in [-0.05, 0) is 104 Å². The Balaban J connectivity index is 1.29. The van der Waals surface area contributed by atoms with Crippen LogP contribution in [0, 0.1) is 17.8 Å². The van der Waals surface area contributed by atoms with Gasteiger partial charge in [-0.1, -0.05) is 31.0 Å². The van der Waals surface area contributed by atoms with Crippen LogP contribution in [0.4, 0.5) is 5.69 Å². The molecule has 4 aliphatic rings. The number of aromatic nitrogens is 2. The summed E-state index contributed by atoms with van der Waals surface area (Å²) in [4.78, 5) is 29.9. The van der Waals surface area contributed by atoms with Crippen molar-refractivity contribution in [2.75, 3.05) is 43.2 Å². The van der Waals surface area contributed by atoms with Crippen molar-refractivity contribution in [1.82, 2.24) is 9.78 Å². The number of ketones is 1. The molecule has 1 N–H and O–H groups in total. The molecule has 10 nitrogen and oxygen atoms in total. The molecular formula is C38H47ClN4O6S. The normalized spacial score (nSPS) is 29.9. The van der Waals surface area contributed by atoms with Crippen molar-refractivity contribution < 1.29 is 28.4 Å². The summed E-state index contributed by atoms with van der Waals surface area (Å²) in [5.41, 5.74) is 3.54. The minimum absolute atomic E-state index is 0.0830. The summed E-state index contributed by atoms with van der Waals surface area (Å²) in [5, 5.41) is 16.3. The Morgan fingerprint density at radius 3 is 2.78 bits per heavy atom. The highest BCUT2D eigenvalue weighted by Crippen LogP contribution is 2.47. The highest BCUT2D eigenvalue weighted by Gasteiger charge is 2.44. The average molecular weight is 723 g/mol. The first-order valence-electron chi connectivity index (χ1n) is 17.8. The number of halogens is 1. The SMILES string of the molecule is COc1nn(C)cc1C(=O)C[S@@]1(=O)=NC(=O)c2ccc3c(c2)N(C[C@@H]2CC[C@H]2[C@@H](O)CCC[C@H](C)C1)C[C@@]1(CCCc2cc(Cl)ccc21)CO3. The number of aryl methyl sites for hydroxylation is 2. The lowest BCUT2D eigenvalue weighted by molar-refractivity contribution is 0.00868. The maximum Gasteiger partial charge on any atom is 0.285 e. The van der Waals surface area contributed by atoms with Gasteiger partial charge in [0.2, 0.25) is 5.88 Å². The third-order valence-electron chi connectivity index (χ3n) is 11.3. The average Bonchev–Trinajstić information content (AvgIpc) is 3.37. The third-order valence-corrected chi connectivity index (χ3v) is 13.9. The first-order chi connectivity index (χ1) is 24.0. The van der Waals surface area contributed by atoms with Gasteiger partial charge in [-0.15, -0.1) is 5.10 Å². The minimum atomic E-state index is -3.34. The van der Waals surface area contributed by atoms with Crippen LogP contribution < -0.4 is 14.4 Å². The molecule has 2 aliphatic heterocycles. The number of methoxy groups -OCH3 is 1. The van der Waals surface area contributed by atoms with Gasteiger partial charge < -0.3 is 19.5 Å². The molecule has 50 heavy (non-hydrogen) atoms. The highest BCUT2D eigenvalue weighted by molar-refractivity contribution is 7.94. The molecule has 2 aromatic carbocycles. The standard InChI is InChI=1S/C38H47ClN4O6S/c1-24-6-4-8-33(44)29-12-9-27(29)18-43-22-38(15-5-7-25-16-28(39)11-13-31(25)38)23-49-35-14-10-26(17-32(35)43)36(46)41-50(47,20-24)21-34(45)30-19-42(2)40-37(30)48-3/h10-11,13-14,16-17,19,24,27,29,33,44H,4-9,12,15,18,20-23H2,1-3H3/t24-,27-,29+,33-,38-,50+/m0/s1. The monoisotopic (exact) mass is 722 g/mol. The number of anilines is 1. The zero-order valence-electron chi connectivity index (χ0n) is 29.1. The summed E-state index contributed by atoms with van der Waals surface area (Å²) >= 11 is 6.44. The molecule has 1 aromatic heterocycles. The number of nitrogens with zero attached hydrogens (tertiary/aromatic N) is 4. The Morgan fingerprint density at radius 2 is 2.00 bits per heavy atom. The molecule has 2 aliphatic carbocycles. The molecule has 1 saturated carbocycles. The number of benzene rings is 2. The van der Waals surface area contributed by atoms with E-state index in [1.807, 2.05) is 25.1 Å². The summed E-state index contributed by atoms with van der Waals surface area (Å²) in [5.74, 6) is -0.151. The molecule has 1 amide bonds. The fraction of sp³-hybridized carbons (Fsp3) is 0.553. The zero-order valence-corrected chi connectivity index (χ0v) is 30.7. The van der Waals surface area contributed by atoms with Gasteiger partial charge in [0, 0.05) is 48.1 Å². The molecular weight excluding hydrogens is 676 g/mol. The van der Waals surface area contributed by atoms with Crippen molar-refractivity contribution >= 4 is 38.7 Å². The number of hydrogen-bond acceptors (Lipinski definition) is 8. The number of ether oxygens (including phenoxy) is 2. The fourth-order valence-electron chi connectivity index (χ4n) is 8.70. The Bertz CT molecular complexity index is 1920. The first kappa shape index (κ1) is 35.0. The zero-order chi connectivity index (χ0) is 35.2. The molecule has 268 valence electrons. The van der Waals surface area contributed by atoms with E-state index in [0.717, 1.165) is 55.8 Å². The van der Waals surface area contributed by atoms with Crippen LogP contribution in [0.1, 0.15) is 83.7 Å². The summed E-state index contributed by atoms with van der Waals surface area (Å²) < 4.78 is 32.4. The van der Waals surface area contributed by atoms with Crippen LogP contribution >= 0.6 is 11.6 Å². The largest absolute Gasteiger partial charge is 0.490 e. The number of carbonyl (C=O) groups excluding carboxylic acids is 2. The first-order valence-corrected chi connectivity index (χ1v) is 20.1. The predicted molar refractivity (Wildman–Crippen MR) is 194 cm³/mol. The second-order valence-corrected chi connectivity index (χ2v) is 17.8. The molecule has 2 bridgehead atoms. The number of Topliss-reactive ketones (excluding diaryl/α,β-unsaturated/α-hetero) is 1. The molecule has 0 unspecified atom stereocenters. The number of carbonyl (C=O) groups is 2. The van der Waals surface area contributed by atoms with Crippen LogP contribution in [-0.4, -0.2) is 75.2 Å². The Morgan fingerprint density at radius 1 is 1.16 bits per heavy atom. The van der Waals surface area contributed by atoms with E-state index in [0.29, 0.717) is 43.2 Å². The van der Waals surface area contributed by atoms with Gasteiger partial charge in [0.05, 0.1) is 41.0 Å². The van der Waals surface area contributed by atoms with Crippen molar-refractivity contribution in [2.45, 2.75) is 69.8 Å². The van der Waals surface area contributed by atoms with Crippen LogP contribution in [0.3, 0.4) is 0 Å². The maximum atomic E-state index is 14.6. The van der Waals surface area contributed by atoms with Gasteiger partial charge >= 0.3 is 0 Å². The minimum Gasteiger partial charge on any atom is -0.490 e. The van der Waals surface area contributed by atoms with Crippen LogP contribution in [0.2, 0.25) is 5.02 Å². The fourth-order valence-corrected chi connectivity index (χ4v) is 11.2. The van der Waals surface area contributed by atoms with Gasteiger partial charge in [0.25, 0.3) is 5.91 Å². The summed E-state index contributed by atoms with van der Waals surface area (Å²) in [6.45, 7) is 3.89. The molecule has 7 rings (SSSR count). The molecule has 6 atom stereocenters. The molecule has 0 saturated heterocycles. The smallest absolute Gasteiger partial charge is 0.285 e. The third kappa shape index (κ3) is 6.93. The Labute approximate surface area is 299 Å². The topological polar surface area (TPSA) is 123 Å². The van der Waals surface area contributed by atoms with Gasteiger partial charge in [0.15, 0.2) is 5.78 Å². The lowest BCUT2D eigenvalue weighted by Crippen LogP contribution is -2.49. The van der Waals surface area contributed by atoms with E-state index >= 15 is 0 Å². The van der Waals surface area contributed by atoms with E-state index in [-0.39, 0.29) is 34.4 Å². The van der Waals surface area contributed by atoms with E-state index in [1.165, 1.54) is 29.1 Å². The van der Waals surface area contributed by atoms with E-state index in [4.69, 9.17) is 21.1 Å². The van der Waals surface area contributed by atoms with Crippen LogP contribution in [0.15, 0.2) is 47.0 Å².